The third-order valence-electron chi connectivity index (χ3n) is 3.45. The molecular weight excluding hydrogens is 288 g/mol. The van der Waals surface area contributed by atoms with Crippen LogP contribution < -0.4 is 11.1 Å². The summed E-state index contributed by atoms with van der Waals surface area (Å²) >= 11 is 0. The summed E-state index contributed by atoms with van der Waals surface area (Å²) in [4.78, 5) is 12.0. The minimum atomic E-state index is -3.78. The van der Waals surface area contributed by atoms with Gasteiger partial charge < -0.3 is 11.1 Å². The van der Waals surface area contributed by atoms with Gasteiger partial charge in [0.05, 0.1) is 10.6 Å². The maximum atomic E-state index is 12.5. The first-order valence-corrected chi connectivity index (χ1v) is 8.59. The SMILES string of the molecule is Cc1cccc(S(=O)(=O)C(C)C(=O)NCCC(C)C)c1N. The molecule has 0 saturated heterocycles. The van der Waals surface area contributed by atoms with Crippen LogP contribution in [0.4, 0.5) is 5.69 Å². The lowest BCUT2D eigenvalue weighted by atomic mass is 10.1. The summed E-state index contributed by atoms with van der Waals surface area (Å²) in [6, 6.07) is 4.80. The molecule has 6 heteroatoms. The zero-order valence-corrected chi connectivity index (χ0v) is 13.8. The van der Waals surface area contributed by atoms with Gasteiger partial charge in [0.25, 0.3) is 0 Å². The maximum absolute atomic E-state index is 12.5. The molecule has 0 aliphatic carbocycles. The Hall–Kier alpha value is -1.56. The third-order valence-corrected chi connectivity index (χ3v) is 5.56. The van der Waals surface area contributed by atoms with Crippen molar-refractivity contribution in [1.82, 2.24) is 5.32 Å². The number of hydrogen-bond acceptors (Lipinski definition) is 4. The van der Waals surface area contributed by atoms with Crippen LogP contribution in [0.1, 0.15) is 32.8 Å². The predicted molar refractivity (Wildman–Crippen MR) is 84.7 cm³/mol. The van der Waals surface area contributed by atoms with Crippen molar-refractivity contribution in [3.05, 3.63) is 23.8 Å². The van der Waals surface area contributed by atoms with Gasteiger partial charge in [-0.15, -0.1) is 0 Å². The van der Waals surface area contributed by atoms with Crippen LogP contribution in [0, 0.1) is 12.8 Å². The summed E-state index contributed by atoms with van der Waals surface area (Å²) in [5.41, 5.74) is 6.73. The Morgan fingerprint density at radius 2 is 1.90 bits per heavy atom. The van der Waals surface area contributed by atoms with E-state index in [-0.39, 0.29) is 10.6 Å². The van der Waals surface area contributed by atoms with Gasteiger partial charge in [-0.2, -0.15) is 0 Å². The van der Waals surface area contributed by atoms with Crippen LogP contribution >= 0.6 is 0 Å². The molecule has 0 aromatic heterocycles. The highest BCUT2D eigenvalue weighted by molar-refractivity contribution is 7.93. The molecule has 1 unspecified atom stereocenters. The molecule has 0 heterocycles. The lowest BCUT2D eigenvalue weighted by molar-refractivity contribution is -0.120. The van der Waals surface area contributed by atoms with E-state index in [9.17, 15) is 13.2 Å². The molecule has 0 saturated carbocycles. The van der Waals surface area contributed by atoms with Crippen molar-refractivity contribution in [3.8, 4) is 0 Å². The quantitative estimate of drug-likeness (QED) is 0.785. The van der Waals surface area contributed by atoms with E-state index in [2.05, 4.69) is 5.32 Å². The molecule has 1 aromatic rings. The van der Waals surface area contributed by atoms with Crippen molar-refractivity contribution >= 4 is 21.4 Å². The van der Waals surface area contributed by atoms with Crippen molar-refractivity contribution in [2.24, 2.45) is 5.92 Å². The highest BCUT2D eigenvalue weighted by Crippen LogP contribution is 2.25. The van der Waals surface area contributed by atoms with Gasteiger partial charge in [-0.1, -0.05) is 26.0 Å². The highest BCUT2D eigenvalue weighted by atomic mass is 32.2. The van der Waals surface area contributed by atoms with Crippen molar-refractivity contribution < 1.29 is 13.2 Å². The molecule has 0 aliphatic heterocycles. The molecule has 1 amide bonds. The smallest absolute Gasteiger partial charge is 0.238 e. The minimum absolute atomic E-state index is 0.0222. The minimum Gasteiger partial charge on any atom is -0.397 e. The number of carbonyl (C=O) groups is 1. The van der Waals surface area contributed by atoms with Crippen molar-refractivity contribution in [2.45, 2.75) is 44.3 Å². The zero-order valence-electron chi connectivity index (χ0n) is 13.0. The van der Waals surface area contributed by atoms with E-state index in [1.165, 1.54) is 13.0 Å². The summed E-state index contributed by atoms with van der Waals surface area (Å²) in [7, 11) is -3.78. The number of amides is 1. The summed E-state index contributed by atoms with van der Waals surface area (Å²) in [5, 5.41) is 1.51. The summed E-state index contributed by atoms with van der Waals surface area (Å²) in [5.74, 6) is -0.0406. The third kappa shape index (κ3) is 4.20. The normalized spacial score (nSPS) is 13.2. The van der Waals surface area contributed by atoms with Crippen molar-refractivity contribution in [3.63, 3.8) is 0 Å². The fourth-order valence-electron chi connectivity index (χ4n) is 1.86. The summed E-state index contributed by atoms with van der Waals surface area (Å²) in [6.45, 7) is 7.68. The Balaban J connectivity index is 2.92. The monoisotopic (exact) mass is 312 g/mol. The van der Waals surface area contributed by atoms with E-state index in [0.29, 0.717) is 18.0 Å². The molecule has 0 spiro atoms. The Labute approximate surface area is 126 Å². The van der Waals surface area contributed by atoms with E-state index < -0.39 is 21.0 Å². The largest absolute Gasteiger partial charge is 0.397 e. The van der Waals surface area contributed by atoms with E-state index >= 15 is 0 Å². The van der Waals surface area contributed by atoms with Gasteiger partial charge in [0.2, 0.25) is 5.91 Å². The molecule has 0 radical (unpaired) electrons. The molecule has 3 N–H and O–H groups in total. The molecule has 0 bridgehead atoms. The molecule has 0 fully saturated rings. The van der Waals surface area contributed by atoms with Gasteiger partial charge in [0.1, 0.15) is 5.25 Å². The number of nitrogen functional groups attached to an aromatic ring is 1. The van der Waals surface area contributed by atoms with Crippen molar-refractivity contribution in [1.29, 1.82) is 0 Å². The molecule has 1 aromatic carbocycles. The number of nitrogens with two attached hydrogens (primary N) is 1. The van der Waals surface area contributed by atoms with Gasteiger partial charge >= 0.3 is 0 Å². The van der Waals surface area contributed by atoms with E-state index in [1.807, 2.05) is 13.8 Å². The number of rotatable bonds is 6. The number of aryl methyl sites for hydroxylation is 1. The average molecular weight is 312 g/mol. The van der Waals surface area contributed by atoms with E-state index in [1.54, 1.807) is 19.1 Å². The maximum Gasteiger partial charge on any atom is 0.238 e. The van der Waals surface area contributed by atoms with Crippen LogP contribution in [0.25, 0.3) is 0 Å². The van der Waals surface area contributed by atoms with Gasteiger partial charge in [-0.05, 0) is 37.8 Å². The fourth-order valence-corrected chi connectivity index (χ4v) is 3.34. The van der Waals surface area contributed by atoms with Crippen LogP contribution in [-0.2, 0) is 14.6 Å². The lowest BCUT2D eigenvalue weighted by Gasteiger charge is -2.16. The Kier molecular flexibility index (Phi) is 5.78. The van der Waals surface area contributed by atoms with E-state index in [0.717, 1.165) is 6.42 Å². The second-order valence-electron chi connectivity index (χ2n) is 5.65. The number of sulfone groups is 1. The first kappa shape index (κ1) is 17.5. The zero-order chi connectivity index (χ0) is 16.2. The molecule has 1 atom stereocenters. The van der Waals surface area contributed by atoms with Gasteiger partial charge in [-0.3, -0.25) is 4.79 Å². The predicted octanol–water partition coefficient (Wildman–Crippen LogP) is 1.90. The number of benzene rings is 1. The second-order valence-corrected chi connectivity index (χ2v) is 7.88. The fraction of sp³-hybridized carbons (Fsp3) is 0.533. The summed E-state index contributed by atoms with van der Waals surface area (Å²) < 4.78 is 25.0. The Morgan fingerprint density at radius 1 is 1.29 bits per heavy atom. The molecular formula is C15H24N2O3S. The Bertz CT molecular complexity index is 609. The molecule has 118 valence electrons. The van der Waals surface area contributed by atoms with Crippen LogP contribution in [0.15, 0.2) is 23.1 Å². The van der Waals surface area contributed by atoms with Gasteiger partial charge in [0, 0.05) is 6.54 Å². The Morgan fingerprint density at radius 3 is 2.48 bits per heavy atom. The topological polar surface area (TPSA) is 89.3 Å². The van der Waals surface area contributed by atoms with E-state index in [4.69, 9.17) is 5.73 Å². The van der Waals surface area contributed by atoms with Crippen LogP contribution in [0.2, 0.25) is 0 Å². The first-order valence-electron chi connectivity index (χ1n) is 7.04. The van der Waals surface area contributed by atoms with Crippen molar-refractivity contribution in [2.75, 3.05) is 12.3 Å². The first-order chi connectivity index (χ1) is 9.67. The van der Waals surface area contributed by atoms with Gasteiger partial charge in [-0.25, -0.2) is 8.42 Å². The van der Waals surface area contributed by atoms with Crippen LogP contribution in [-0.4, -0.2) is 26.1 Å². The number of para-hydroxylation sites is 1. The number of anilines is 1. The standard InChI is InChI=1S/C15H24N2O3S/c1-10(2)8-9-17-15(18)12(4)21(19,20)13-7-5-6-11(3)14(13)16/h5-7,10,12H,8-9,16H2,1-4H3,(H,17,18). The van der Waals surface area contributed by atoms with Crippen LogP contribution in [0.3, 0.4) is 0 Å². The molecule has 0 aliphatic rings. The molecule has 5 nitrogen and oxygen atoms in total. The average Bonchev–Trinajstić information content (AvgIpc) is 2.40. The number of carbonyl (C=O) groups excluding carboxylic acids is 1. The number of nitrogens with one attached hydrogen (secondary N) is 1. The highest BCUT2D eigenvalue weighted by Gasteiger charge is 2.31. The number of hydrogen-bond donors (Lipinski definition) is 2. The van der Waals surface area contributed by atoms with Gasteiger partial charge in [0.15, 0.2) is 9.84 Å². The summed E-state index contributed by atoms with van der Waals surface area (Å²) in [6.07, 6.45) is 0.811. The lowest BCUT2D eigenvalue weighted by Crippen LogP contribution is -2.38. The molecule has 21 heavy (non-hydrogen) atoms. The second kappa shape index (κ2) is 6.93. The van der Waals surface area contributed by atoms with Crippen LogP contribution in [0.5, 0.6) is 0 Å². The molecule has 1 rings (SSSR count).